The van der Waals surface area contributed by atoms with Crippen LogP contribution in [0.5, 0.6) is 0 Å². The van der Waals surface area contributed by atoms with Gasteiger partial charge in [-0.15, -0.1) is 0 Å². The minimum Gasteiger partial charge on any atom is -0.467 e. The van der Waals surface area contributed by atoms with E-state index in [1.54, 1.807) is 37.3 Å². The second kappa shape index (κ2) is 9.12. The third-order valence-electron chi connectivity index (χ3n) is 4.21. The van der Waals surface area contributed by atoms with Gasteiger partial charge < -0.3 is 19.9 Å². The molecule has 0 fully saturated rings. The van der Waals surface area contributed by atoms with Crippen LogP contribution in [0.15, 0.2) is 60.7 Å². The molecule has 0 aliphatic carbocycles. The fourth-order valence-electron chi connectivity index (χ4n) is 2.54. The van der Waals surface area contributed by atoms with E-state index in [0.717, 1.165) is 5.56 Å². The Morgan fingerprint density at radius 2 is 1.65 bits per heavy atom. The molecule has 6 nitrogen and oxygen atoms in total. The summed E-state index contributed by atoms with van der Waals surface area (Å²) >= 11 is 0. The van der Waals surface area contributed by atoms with Crippen LogP contribution in [0.3, 0.4) is 0 Å². The van der Waals surface area contributed by atoms with E-state index in [0.29, 0.717) is 5.56 Å². The predicted octanol–water partition coefficient (Wildman–Crippen LogP) is 1.93. The van der Waals surface area contributed by atoms with Gasteiger partial charge in [0.05, 0.1) is 26.4 Å². The highest BCUT2D eigenvalue weighted by Gasteiger charge is 2.47. The Hall–Kier alpha value is -2.70. The molecule has 26 heavy (non-hydrogen) atoms. The van der Waals surface area contributed by atoms with Gasteiger partial charge in [-0.25, -0.2) is 4.79 Å². The number of esters is 1. The molecule has 1 amide bonds. The summed E-state index contributed by atoms with van der Waals surface area (Å²) in [6, 6.07) is 17.8. The van der Waals surface area contributed by atoms with Crippen LogP contribution in [0, 0.1) is 0 Å². The van der Waals surface area contributed by atoms with Crippen LogP contribution in [-0.4, -0.2) is 42.3 Å². The number of carbonyl (C=O) groups is 2. The number of hydrogen-bond acceptors (Lipinski definition) is 5. The molecule has 2 N–H and O–H groups in total. The Labute approximate surface area is 152 Å². The van der Waals surface area contributed by atoms with Gasteiger partial charge in [-0.1, -0.05) is 48.5 Å². The second-order valence-electron chi connectivity index (χ2n) is 5.88. The van der Waals surface area contributed by atoms with Crippen molar-refractivity contribution in [1.82, 2.24) is 5.32 Å². The molecule has 0 saturated carbocycles. The zero-order valence-corrected chi connectivity index (χ0v) is 14.8. The van der Waals surface area contributed by atoms with E-state index in [-0.39, 0.29) is 6.61 Å². The molecule has 138 valence electrons. The molecule has 0 aliphatic heterocycles. The molecule has 6 heteroatoms. The van der Waals surface area contributed by atoms with Crippen LogP contribution < -0.4 is 5.32 Å². The first-order valence-corrected chi connectivity index (χ1v) is 8.26. The standard InChI is InChI=1S/C20H23NO5/c1-15(26-13-16-9-5-3-6-10-16)20(14-22,19(24)25-2)21-18(23)17-11-7-4-8-12-17/h3-12,15,22H,13-14H2,1-2H3,(H,21,23)/t15-,20+/m1/s1. The average Bonchev–Trinajstić information content (AvgIpc) is 2.70. The SMILES string of the molecule is COC(=O)[C@@](CO)(NC(=O)c1ccccc1)[C@@H](C)OCc1ccccc1. The van der Waals surface area contributed by atoms with Crippen LogP contribution in [0.1, 0.15) is 22.8 Å². The number of rotatable bonds is 8. The molecule has 2 aromatic carbocycles. The fourth-order valence-corrected chi connectivity index (χ4v) is 2.54. The number of nitrogens with one attached hydrogen (secondary N) is 1. The molecule has 2 rings (SSSR count). The van der Waals surface area contributed by atoms with Gasteiger partial charge in [0.1, 0.15) is 0 Å². The summed E-state index contributed by atoms with van der Waals surface area (Å²) in [5.74, 6) is -1.27. The molecule has 0 saturated heterocycles. The van der Waals surface area contributed by atoms with Gasteiger partial charge in [-0.2, -0.15) is 0 Å². The zero-order valence-electron chi connectivity index (χ0n) is 14.8. The molecule has 0 aliphatic rings. The summed E-state index contributed by atoms with van der Waals surface area (Å²) in [4.78, 5) is 24.9. The van der Waals surface area contributed by atoms with E-state index < -0.39 is 30.1 Å². The minimum atomic E-state index is -1.71. The highest BCUT2D eigenvalue weighted by molar-refractivity contribution is 5.98. The van der Waals surface area contributed by atoms with Crippen molar-refractivity contribution in [1.29, 1.82) is 0 Å². The Bertz CT molecular complexity index is 719. The van der Waals surface area contributed by atoms with Gasteiger partial charge in [-0.3, -0.25) is 4.79 Å². The predicted molar refractivity (Wildman–Crippen MR) is 96.4 cm³/mol. The first-order valence-electron chi connectivity index (χ1n) is 8.26. The molecule has 0 aromatic heterocycles. The molecular formula is C20H23NO5. The van der Waals surface area contributed by atoms with Crippen LogP contribution in [0.2, 0.25) is 0 Å². The quantitative estimate of drug-likeness (QED) is 0.705. The third kappa shape index (κ3) is 4.47. The zero-order chi connectivity index (χ0) is 19.0. The molecule has 0 radical (unpaired) electrons. The van der Waals surface area contributed by atoms with Crippen molar-refractivity contribution < 1.29 is 24.2 Å². The van der Waals surface area contributed by atoms with E-state index in [1.165, 1.54) is 7.11 Å². The lowest BCUT2D eigenvalue weighted by Crippen LogP contribution is -2.64. The topological polar surface area (TPSA) is 84.9 Å². The maximum Gasteiger partial charge on any atom is 0.336 e. The Balaban J connectivity index is 2.20. The number of amides is 1. The number of aliphatic hydroxyl groups excluding tert-OH is 1. The van der Waals surface area contributed by atoms with Crippen LogP contribution in [0.4, 0.5) is 0 Å². The van der Waals surface area contributed by atoms with Gasteiger partial charge in [-0.05, 0) is 24.6 Å². The fraction of sp³-hybridized carbons (Fsp3) is 0.300. The summed E-state index contributed by atoms with van der Waals surface area (Å²) in [6.07, 6.45) is -0.826. The van der Waals surface area contributed by atoms with E-state index in [9.17, 15) is 14.7 Å². The van der Waals surface area contributed by atoms with E-state index in [4.69, 9.17) is 9.47 Å². The summed E-state index contributed by atoms with van der Waals surface area (Å²) in [5.41, 5.74) is -0.439. The maximum absolute atomic E-state index is 12.5. The number of ether oxygens (including phenoxy) is 2. The van der Waals surface area contributed by atoms with Gasteiger partial charge in [0, 0.05) is 5.56 Å². The number of aliphatic hydroxyl groups is 1. The summed E-state index contributed by atoms with van der Waals surface area (Å²) in [6.45, 7) is 1.18. The van der Waals surface area contributed by atoms with Crippen molar-refractivity contribution in [3.05, 3.63) is 71.8 Å². The number of hydrogen-bond donors (Lipinski definition) is 2. The van der Waals surface area contributed by atoms with Gasteiger partial charge in [0.15, 0.2) is 5.54 Å². The molecule has 2 atom stereocenters. The third-order valence-corrected chi connectivity index (χ3v) is 4.21. The Kier molecular flexibility index (Phi) is 6.89. The molecule has 0 bridgehead atoms. The number of benzene rings is 2. The van der Waals surface area contributed by atoms with Gasteiger partial charge in [0.25, 0.3) is 5.91 Å². The number of carbonyl (C=O) groups excluding carboxylic acids is 2. The molecular weight excluding hydrogens is 334 g/mol. The summed E-state index contributed by atoms with van der Waals surface area (Å²) in [5, 5.41) is 12.5. The average molecular weight is 357 g/mol. The molecule has 0 unspecified atom stereocenters. The van der Waals surface area contributed by atoms with Crippen molar-refractivity contribution in [2.45, 2.75) is 25.2 Å². The Morgan fingerprint density at radius 1 is 1.08 bits per heavy atom. The number of methoxy groups -OCH3 is 1. The highest BCUT2D eigenvalue weighted by atomic mass is 16.5. The molecule has 0 spiro atoms. The van der Waals surface area contributed by atoms with E-state index >= 15 is 0 Å². The second-order valence-corrected chi connectivity index (χ2v) is 5.88. The lowest BCUT2D eigenvalue weighted by Gasteiger charge is -2.35. The lowest BCUT2D eigenvalue weighted by molar-refractivity contribution is -0.158. The van der Waals surface area contributed by atoms with Crippen molar-refractivity contribution in [3.63, 3.8) is 0 Å². The monoisotopic (exact) mass is 357 g/mol. The highest BCUT2D eigenvalue weighted by Crippen LogP contribution is 2.19. The maximum atomic E-state index is 12.5. The van der Waals surface area contributed by atoms with Crippen LogP contribution >= 0.6 is 0 Å². The lowest BCUT2D eigenvalue weighted by atomic mass is 9.93. The molecule has 2 aromatic rings. The first-order chi connectivity index (χ1) is 12.5. The first kappa shape index (κ1) is 19.6. The van der Waals surface area contributed by atoms with Crippen molar-refractivity contribution in [2.75, 3.05) is 13.7 Å². The smallest absolute Gasteiger partial charge is 0.336 e. The normalized spacial score (nSPS) is 14.1. The van der Waals surface area contributed by atoms with Gasteiger partial charge >= 0.3 is 5.97 Å². The van der Waals surface area contributed by atoms with Crippen LogP contribution in [-0.2, 0) is 20.9 Å². The van der Waals surface area contributed by atoms with Crippen molar-refractivity contribution in [3.8, 4) is 0 Å². The summed E-state index contributed by atoms with van der Waals surface area (Å²) < 4.78 is 10.6. The van der Waals surface area contributed by atoms with Gasteiger partial charge in [0.2, 0.25) is 0 Å². The van der Waals surface area contributed by atoms with Crippen LogP contribution in [0.25, 0.3) is 0 Å². The molecule has 0 heterocycles. The summed E-state index contributed by atoms with van der Waals surface area (Å²) in [7, 11) is 1.20. The van der Waals surface area contributed by atoms with Crippen molar-refractivity contribution in [2.24, 2.45) is 0 Å². The van der Waals surface area contributed by atoms with E-state index in [1.807, 2.05) is 30.3 Å². The van der Waals surface area contributed by atoms with E-state index in [2.05, 4.69) is 5.32 Å². The van der Waals surface area contributed by atoms with Crippen molar-refractivity contribution >= 4 is 11.9 Å². The minimum absolute atomic E-state index is 0.224. The Morgan fingerprint density at radius 3 is 2.19 bits per heavy atom. The largest absolute Gasteiger partial charge is 0.467 e.